The third-order valence-electron chi connectivity index (χ3n) is 7.47. The third kappa shape index (κ3) is 6.25. The van der Waals surface area contributed by atoms with Crippen molar-refractivity contribution in [1.82, 2.24) is 4.57 Å². The number of thiophene rings is 1. The van der Waals surface area contributed by atoms with E-state index in [2.05, 4.69) is 80.9 Å². The molecule has 2 aromatic heterocycles. The van der Waals surface area contributed by atoms with Gasteiger partial charge in [-0.3, -0.25) is 0 Å². The molecule has 0 aliphatic carbocycles. The van der Waals surface area contributed by atoms with Gasteiger partial charge >= 0.3 is 5.97 Å². The second-order valence-electron chi connectivity index (χ2n) is 10.2. The molecule has 0 fully saturated rings. The molecule has 0 spiro atoms. The Bertz CT molecular complexity index is 1710. The van der Waals surface area contributed by atoms with Crippen LogP contribution in [0.5, 0.6) is 0 Å². The fourth-order valence-corrected chi connectivity index (χ4v) is 6.09. The molecule has 0 aliphatic rings. The summed E-state index contributed by atoms with van der Waals surface area (Å²) in [7, 11) is 0. The zero-order valence-corrected chi connectivity index (χ0v) is 24.6. The molecule has 0 saturated carbocycles. The first-order chi connectivity index (χ1) is 20.0. The number of aromatic nitrogens is 1. The number of hydrogen-bond acceptors (Lipinski definition) is 6. The van der Waals surface area contributed by atoms with Crippen LogP contribution in [0.15, 0.2) is 88.5 Å². The summed E-state index contributed by atoms with van der Waals surface area (Å²) in [6.07, 6.45) is 5.65. The van der Waals surface area contributed by atoms with Gasteiger partial charge in [-0.2, -0.15) is 0 Å². The minimum atomic E-state index is -0.382. The van der Waals surface area contributed by atoms with Crippen LogP contribution < -0.4 is 0 Å². The summed E-state index contributed by atoms with van der Waals surface area (Å²) < 4.78 is 2.37. The van der Waals surface area contributed by atoms with Gasteiger partial charge in [-0.15, -0.1) is 11.3 Å². The van der Waals surface area contributed by atoms with E-state index in [4.69, 9.17) is 4.84 Å². The van der Waals surface area contributed by atoms with Gasteiger partial charge in [-0.25, -0.2) is 4.79 Å². The molecule has 41 heavy (non-hydrogen) atoms. The quantitative estimate of drug-likeness (QED) is 0.0570. The Morgan fingerprint density at radius 3 is 2.46 bits per heavy atom. The first-order valence-electron chi connectivity index (χ1n) is 14.1. The monoisotopic (exact) mass is 565 g/mol. The number of rotatable bonds is 11. The van der Waals surface area contributed by atoms with E-state index in [0.29, 0.717) is 5.71 Å². The van der Waals surface area contributed by atoms with Gasteiger partial charge in [-0.05, 0) is 97.5 Å². The minimum Gasteiger partial charge on any atom is -0.411 e. The summed E-state index contributed by atoms with van der Waals surface area (Å²) in [5, 5.41) is 21.2. The van der Waals surface area contributed by atoms with Crippen LogP contribution in [0, 0.1) is 0 Å². The van der Waals surface area contributed by atoms with E-state index in [9.17, 15) is 10.0 Å². The maximum Gasteiger partial charge on any atom is 0.331 e. The van der Waals surface area contributed by atoms with Crippen molar-refractivity contribution in [3.8, 4) is 16.1 Å². The zero-order chi connectivity index (χ0) is 28.8. The van der Waals surface area contributed by atoms with Gasteiger partial charge in [0.25, 0.3) is 0 Å². The Kier molecular flexibility index (Phi) is 8.95. The summed E-state index contributed by atoms with van der Waals surface area (Å²) in [5.74, 6) is -0.382. The largest absolute Gasteiger partial charge is 0.411 e. The molecule has 7 heteroatoms. The minimum absolute atomic E-state index is 0.382. The lowest BCUT2D eigenvalue weighted by molar-refractivity contribution is -0.140. The predicted octanol–water partition coefficient (Wildman–Crippen LogP) is 9.14. The van der Waals surface area contributed by atoms with Crippen molar-refractivity contribution in [2.24, 2.45) is 10.3 Å². The van der Waals surface area contributed by atoms with Gasteiger partial charge in [-0.1, -0.05) is 60.1 Å². The third-order valence-corrected chi connectivity index (χ3v) is 8.39. The van der Waals surface area contributed by atoms with Crippen LogP contribution in [0.4, 0.5) is 0 Å². The molecule has 0 radical (unpaired) electrons. The second-order valence-corrected chi connectivity index (χ2v) is 11.2. The summed E-state index contributed by atoms with van der Waals surface area (Å²) >= 11 is 1.77. The maximum atomic E-state index is 11.1. The molecule has 2 heterocycles. The lowest BCUT2D eigenvalue weighted by atomic mass is 9.98. The lowest BCUT2D eigenvalue weighted by Gasteiger charge is -2.14. The van der Waals surface area contributed by atoms with E-state index < -0.39 is 0 Å². The van der Waals surface area contributed by atoms with Gasteiger partial charge in [0.2, 0.25) is 0 Å². The highest BCUT2D eigenvalue weighted by molar-refractivity contribution is 7.13. The van der Waals surface area contributed by atoms with Crippen molar-refractivity contribution < 1.29 is 14.8 Å². The van der Waals surface area contributed by atoms with Crippen LogP contribution in [0.25, 0.3) is 37.9 Å². The molecule has 0 aliphatic heterocycles. The predicted molar refractivity (Wildman–Crippen MR) is 170 cm³/mol. The molecule has 5 aromatic rings. The van der Waals surface area contributed by atoms with Gasteiger partial charge in [0.05, 0.1) is 22.5 Å². The summed E-state index contributed by atoms with van der Waals surface area (Å²) in [4.78, 5) is 17.2. The van der Waals surface area contributed by atoms with Crippen molar-refractivity contribution >= 4 is 50.5 Å². The summed E-state index contributed by atoms with van der Waals surface area (Å²) in [6, 6.07) is 25.8. The highest BCUT2D eigenvalue weighted by atomic mass is 32.1. The Hall–Kier alpha value is -4.23. The average molecular weight is 566 g/mol. The Morgan fingerprint density at radius 1 is 0.951 bits per heavy atom. The molecule has 0 unspecified atom stereocenters. The lowest BCUT2D eigenvalue weighted by Crippen LogP contribution is -2.01. The number of aryl methyl sites for hydroxylation is 1. The molecule has 5 rings (SSSR count). The fourth-order valence-electron chi connectivity index (χ4n) is 5.37. The smallest absolute Gasteiger partial charge is 0.331 e. The van der Waals surface area contributed by atoms with E-state index in [1.807, 2.05) is 19.1 Å². The van der Waals surface area contributed by atoms with E-state index in [1.165, 1.54) is 44.7 Å². The second kappa shape index (κ2) is 13.0. The van der Waals surface area contributed by atoms with Crippen LogP contribution in [0.2, 0.25) is 0 Å². The Labute approximate surface area is 244 Å². The SMILES string of the molecule is CCC(CCCCCc1cc(-c2cccs2)cc2c3ccccc3n(-c3ccc(C(C)=NO)cc3)c12)=NOC(C)=O. The van der Waals surface area contributed by atoms with Gasteiger partial charge < -0.3 is 14.6 Å². The number of unbranched alkanes of at least 4 members (excludes halogenated alkanes) is 2. The molecule has 210 valence electrons. The zero-order valence-electron chi connectivity index (χ0n) is 23.8. The molecule has 6 nitrogen and oxygen atoms in total. The number of benzene rings is 3. The van der Waals surface area contributed by atoms with Crippen LogP contribution >= 0.6 is 11.3 Å². The van der Waals surface area contributed by atoms with E-state index in [1.54, 1.807) is 18.3 Å². The molecule has 0 saturated heterocycles. The fraction of sp³-hybridized carbons (Fsp3) is 0.265. The van der Waals surface area contributed by atoms with E-state index in [0.717, 1.165) is 55.5 Å². The molecular formula is C34H35N3O3S. The van der Waals surface area contributed by atoms with Gasteiger partial charge in [0.15, 0.2) is 0 Å². The number of hydrogen-bond donors (Lipinski definition) is 1. The normalized spacial score (nSPS) is 12.4. The number of carbonyl (C=O) groups excluding carboxylic acids is 1. The molecular weight excluding hydrogens is 530 g/mol. The van der Waals surface area contributed by atoms with E-state index in [-0.39, 0.29) is 5.97 Å². The first-order valence-corrected chi connectivity index (χ1v) is 15.0. The van der Waals surface area contributed by atoms with Crippen LogP contribution in [-0.2, 0) is 16.1 Å². The number of para-hydroxylation sites is 1. The van der Waals surface area contributed by atoms with Gasteiger partial charge in [0.1, 0.15) is 0 Å². The van der Waals surface area contributed by atoms with Crippen LogP contribution in [0.1, 0.15) is 64.0 Å². The van der Waals surface area contributed by atoms with Gasteiger partial charge in [0, 0.05) is 28.3 Å². The topological polar surface area (TPSA) is 76.2 Å². The number of oxime groups is 2. The van der Waals surface area contributed by atoms with Crippen molar-refractivity contribution in [3.63, 3.8) is 0 Å². The first kappa shape index (κ1) is 28.3. The van der Waals surface area contributed by atoms with Crippen molar-refractivity contribution in [1.29, 1.82) is 0 Å². The maximum absolute atomic E-state index is 11.1. The number of fused-ring (bicyclic) bond motifs is 3. The van der Waals surface area contributed by atoms with Crippen molar-refractivity contribution in [2.75, 3.05) is 0 Å². The van der Waals surface area contributed by atoms with Crippen molar-refractivity contribution in [3.05, 3.63) is 89.3 Å². The molecule has 3 aromatic carbocycles. The number of carbonyl (C=O) groups is 1. The van der Waals surface area contributed by atoms with E-state index >= 15 is 0 Å². The number of nitrogens with zero attached hydrogens (tertiary/aromatic N) is 3. The van der Waals surface area contributed by atoms with Crippen molar-refractivity contribution in [2.45, 2.75) is 59.3 Å². The van der Waals surface area contributed by atoms with Crippen LogP contribution in [0.3, 0.4) is 0 Å². The Morgan fingerprint density at radius 2 is 1.76 bits per heavy atom. The highest BCUT2D eigenvalue weighted by Crippen LogP contribution is 2.38. The summed E-state index contributed by atoms with van der Waals surface area (Å²) in [5.41, 5.74) is 8.45. The molecule has 0 atom stereocenters. The van der Waals surface area contributed by atoms with Crippen LogP contribution in [-0.4, -0.2) is 27.2 Å². The average Bonchev–Trinajstić information content (AvgIpc) is 3.65. The molecule has 1 N–H and O–H groups in total. The highest BCUT2D eigenvalue weighted by Gasteiger charge is 2.18. The molecule has 0 bridgehead atoms. The standard InChI is InChI=1S/C34H35N3O3S/c1-4-28(36-40-24(3)38)12-7-5-6-11-26-21-27(33-15-10-20-41-33)22-31-30-13-8-9-14-32(30)37(34(26)31)29-18-16-25(17-19-29)23(2)35-39/h8-10,13-22,39H,4-7,11-12H2,1-3H3. The molecule has 0 amide bonds. The Balaban J connectivity index is 1.53. The summed E-state index contributed by atoms with van der Waals surface area (Å²) in [6.45, 7) is 5.21.